The van der Waals surface area contributed by atoms with Crippen molar-refractivity contribution >= 4 is 92.1 Å². The minimum Gasteiger partial charge on any atom is -0.455 e. The number of furan rings is 1. The Kier molecular flexibility index (Phi) is 6.76. The molecule has 0 aliphatic heterocycles. The van der Waals surface area contributed by atoms with Crippen LogP contribution >= 0.6 is 11.3 Å². The first-order valence-electron chi connectivity index (χ1n) is 18.0. The molecule has 0 aliphatic rings. The molecule has 0 aliphatic carbocycles. The van der Waals surface area contributed by atoms with Crippen molar-refractivity contribution in [2.75, 3.05) is 4.90 Å². The highest BCUT2D eigenvalue weighted by atomic mass is 32.1. The zero-order valence-corrected chi connectivity index (χ0v) is 29.5. The van der Waals surface area contributed by atoms with Crippen LogP contribution in [0.15, 0.2) is 192 Å². The molecule has 9 aromatic carbocycles. The minimum atomic E-state index is 0.869. The highest BCUT2D eigenvalue weighted by molar-refractivity contribution is 7.26. The smallest absolute Gasteiger partial charge is 0.143 e. The molecule has 248 valence electrons. The van der Waals surface area contributed by atoms with Crippen LogP contribution in [0.25, 0.3) is 85.9 Å². The molecule has 0 N–H and O–H groups in total. The fraction of sp³-hybridized carbons (Fsp3) is 0. The van der Waals surface area contributed by atoms with Crippen molar-refractivity contribution in [2.24, 2.45) is 0 Å². The number of hydrogen-bond donors (Lipinski definition) is 0. The van der Waals surface area contributed by atoms with Crippen LogP contribution in [-0.2, 0) is 0 Å². The summed E-state index contributed by atoms with van der Waals surface area (Å²) >= 11 is 1.87. The maximum absolute atomic E-state index is 6.75. The summed E-state index contributed by atoms with van der Waals surface area (Å²) in [6.07, 6.45) is 0. The van der Waals surface area contributed by atoms with Gasteiger partial charge in [-0.05, 0) is 69.8 Å². The van der Waals surface area contributed by atoms with Gasteiger partial charge in [-0.2, -0.15) is 0 Å². The molecule has 0 unspecified atom stereocenters. The molecule has 3 heteroatoms. The van der Waals surface area contributed by atoms with Crippen LogP contribution in [0.3, 0.4) is 0 Å². The van der Waals surface area contributed by atoms with Gasteiger partial charge in [0.25, 0.3) is 0 Å². The van der Waals surface area contributed by atoms with Crippen molar-refractivity contribution in [3.8, 4) is 22.3 Å². The van der Waals surface area contributed by atoms with E-state index < -0.39 is 0 Å². The van der Waals surface area contributed by atoms with E-state index in [1.807, 2.05) is 11.3 Å². The van der Waals surface area contributed by atoms with E-state index in [1.165, 1.54) is 58.6 Å². The molecule has 2 nitrogen and oxygen atoms in total. The van der Waals surface area contributed by atoms with E-state index in [0.29, 0.717) is 0 Å². The lowest BCUT2D eigenvalue weighted by Crippen LogP contribution is -2.11. The summed E-state index contributed by atoms with van der Waals surface area (Å²) in [4.78, 5) is 2.45. The lowest BCUT2D eigenvalue weighted by atomic mass is 9.96. The maximum Gasteiger partial charge on any atom is 0.143 e. The van der Waals surface area contributed by atoms with E-state index in [4.69, 9.17) is 4.42 Å². The summed E-state index contributed by atoms with van der Waals surface area (Å²) in [5, 5.41) is 9.55. The van der Waals surface area contributed by atoms with Crippen molar-refractivity contribution in [2.45, 2.75) is 0 Å². The van der Waals surface area contributed by atoms with Crippen LogP contribution in [0.2, 0.25) is 0 Å². The Bertz CT molecular complexity index is 3200. The van der Waals surface area contributed by atoms with Crippen molar-refractivity contribution in [1.29, 1.82) is 0 Å². The Balaban J connectivity index is 1.21. The van der Waals surface area contributed by atoms with Gasteiger partial charge in [-0.15, -0.1) is 11.3 Å². The van der Waals surface area contributed by atoms with Gasteiger partial charge < -0.3 is 9.32 Å². The molecule has 2 heterocycles. The summed E-state index contributed by atoms with van der Waals surface area (Å²) in [5.41, 5.74) is 9.83. The third-order valence-corrected chi connectivity index (χ3v) is 11.9. The summed E-state index contributed by atoms with van der Waals surface area (Å²) in [7, 11) is 0. The zero-order valence-electron chi connectivity index (χ0n) is 28.7. The van der Waals surface area contributed by atoms with E-state index >= 15 is 0 Å². The Morgan fingerprint density at radius 1 is 0.415 bits per heavy atom. The van der Waals surface area contributed by atoms with E-state index in [0.717, 1.165) is 44.4 Å². The van der Waals surface area contributed by atoms with Gasteiger partial charge in [0.15, 0.2) is 0 Å². The van der Waals surface area contributed by atoms with Gasteiger partial charge >= 0.3 is 0 Å². The standard InChI is InChI=1S/C50H31NOS/c1-3-18-36-32(13-1)15-10-22-37(36)34-16-9-17-35(31-34)51(45-26-12-27-46-48(45)43-30-29-33-14-2-4-19-38(33)49(43)52-46)44-25-7-5-20-39(44)41-23-11-24-42-40-21-6-8-28-47(40)53-50(41)42/h1-31H. The molecule has 0 spiro atoms. The lowest BCUT2D eigenvalue weighted by molar-refractivity contribution is 0.672. The summed E-state index contributed by atoms with van der Waals surface area (Å²) < 4.78 is 9.35. The van der Waals surface area contributed by atoms with Gasteiger partial charge in [-0.1, -0.05) is 146 Å². The molecular formula is C50H31NOS. The summed E-state index contributed by atoms with van der Waals surface area (Å²) in [5.74, 6) is 0. The third kappa shape index (κ3) is 4.71. The van der Waals surface area contributed by atoms with E-state index in [2.05, 4.69) is 193 Å². The molecule has 2 aromatic heterocycles. The second-order valence-corrected chi connectivity index (χ2v) is 14.7. The van der Waals surface area contributed by atoms with E-state index in [-0.39, 0.29) is 0 Å². The van der Waals surface area contributed by atoms with Gasteiger partial charge in [0, 0.05) is 47.8 Å². The largest absolute Gasteiger partial charge is 0.455 e. The molecule has 53 heavy (non-hydrogen) atoms. The van der Waals surface area contributed by atoms with E-state index in [1.54, 1.807) is 0 Å². The molecule has 0 radical (unpaired) electrons. The zero-order chi connectivity index (χ0) is 34.9. The normalized spacial score (nSPS) is 11.8. The van der Waals surface area contributed by atoms with Gasteiger partial charge in [-0.3, -0.25) is 0 Å². The SMILES string of the molecule is c1cc(-c2cccc3ccccc23)cc(N(c2ccccc2-c2cccc3c2sc2ccccc23)c2cccc3oc4c5ccccc5ccc4c23)c1. The number of rotatable bonds is 5. The van der Waals surface area contributed by atoms with Crippen LogP contribution in [0, 0.1) is 0 Å². The van der Waals surface area contributed by atoms with Crippen LogP contribution in [0.1, 0.15) is 0 Å². The van der Waals surface area contributed by atoms with Gasteiger partial charge in [0.2, 0.25) is 0 Å². The summed E-state index contributed by atoms with van der Waals surface area (Å²) in [6.45, 7) is 0. The fourth-order valence-electron chi connectivity index (χ4n) is 8.27. The number of thiophene rings is 1. The number of fused-ring (bicyclic) bond motifs is 9. The number of nitrogens with zero attached hydrogens (tertiary/aromatic N) is 1. The van der Waals surface area contributed by atoms with Crippen molar-refractivity contribution < 1.29 is 4.42 Å². The Morgan fingerprint density at radius 2 is 1.06 bits per heavy atom. The second-order valence-electron chi connectivity index (χ2n) is 13.6. The molecule has 0 fully saturated rings. The molecule has 0 saturated heterocycles. The molecule has 0 atom stereocenters. The predicted molar refractivity (Wildman–Crippen MR) is 227 cm³/mol. The average Bonchev–Trinajstić information content (AvgIpc) is 3.81. The first kappa shape index (κ1) is 30.0. The van der Waals surface area contributed by atoms with Crippen LogP contribution in [0.5, 0.6) is 0 Å². The third-order valence-electron chi connectivity index (χ3n) is 10.7. The van der Waals surface area contributed by atoms with Crippen molar-refractivity contribution in [1.82, 2.24) is 0 Å². The lowest BCUT2D eigenvalue weighted by Gasteiger charge is -2.29. The number of benzene rings is 9. The number of hydrogen-bond acceptors (Lipinski definition) is 3. The number of para-hydroxylation sites is 1. The van der Waals surface area contributed by atoms with Crippen molar-refractivity contribution in [3.05, 3.63) is 188 Å². The topological polar surface area (TPSA) is 16.4 Å². The van der Waals surface area contributed by atoms with Gasteiger partial charge in [0.05, 0.1) is 16.8 Å². The monoisotopic (exact) mass is 693 g/mol. The van der Waals surface area contributed by atoms with Gasteiger partial charge in [0.1, 0.15) is 11.2 Å². The Hall–Kier alpha value is -6.68. The minimum absolute atomic E-state index is 0.869. The maximum atomic E-state index is 6.75. The molecule has 0 bridgehead atoms. The average molecular weight is 694 g/mol. The summed E-state index contributed by atoms with van der Waals surface area (Å²) in [6, 6.07) is 68.0. The highest BCUT2D eigenvalue weighted by Gasteiger charge is 2.24. The fourth-order valence-corrected chi connectivity index (χ4v) is 9.51. The van der Waals surface area contributed by atoms with Gasteiger partial charge in [-0.25, -0.2) is 0 Å². The van der Waals surface area contributed by atoms with E-state index in [9.17, 15) is 0 Å². The van der Waals surface area contributed by atoms with Crippen molar-refractivity contribution in [3.63, 3.8) is 0 Å². The van der Waals surface area contributed by atoms with Crippen LogP contribution in [0.4, 0.5) is 17.1 Å². The Morgan fingerprint density at radius 3 is 1.98 bits per heavy atom. The van der Waals surface area contributed by atoms with Crippen LogP contribution < -0.4 is 4.90 Å². The number of anilines is 3. The molecular weight excluding hydrogens is 663 g/mol. The molecule has 0 amide bonds. The predicted octanol–water partition coefficient (Wildman–Crippen LogP) is 15.1. The molecule has 0 saturated carbocycles. The molecule has 11 rings (SSSR count). The van der Waals surface area contributed by atoms with Crippen LogP contribution in [-0.4, -0.2) is 0 Å². The first-order valence-corrected chi connectivity index (χ1v) is 18.8. The Labute approximate surface area is 310 Å². The molecule has 11 aromatic rings. The first-order chi connectivity index (χ1) is 26.3. The second kappa shape index (κ2) is 11.9. The quantitative estimate of drug-likeness (QED) is 0.178. The highest BCUT2D eigenvalue weighted by Crippen LogP contribution is 2.49.